The second kappa shape index (κ2) is 10.4. The van der Waals surface area contributed by atoms with E-state index in [1.807, 2.05) is 13.0 Å². The quantitative estimate of drug-likeness (QED) is 0.297. The number of esters is 3. The van der Waals surface area contributed by atoms with Gasteiger partial charge in [-0.2, -0.15) is 0 Å². The van der Waals surface area contributed by atoms with E-state index in [0.29, 0.717) is 18.4 Å². The first-order chi connectivity index (χ1) is 14.2. The SMILES string of the molecule is C=C1C(=O)O[C@H]2/C=C(/C)[C@@H](OC(C)=O)C/C=C(\C)C[C@@H](OC(=O)/C(=C\CO)CO)[C@@H]12. The van der Waals surface area contributed by atoms with Crippen LogP contribution in [0.1, 0.15) is 33.6 Å². The lowest BCUT2D eigenvalue weighted by atomic mass is 9.85. The van der Waals surface area contributed by atoms with Gasteiger partial charge in [0.05, 0.1) is 24.7 Å². The van der Waals surface area contributed by atoms with Crippen LogP contribution in [0.3, 0.4) is 0 Å². The summed E-state index contributed by atoms with van der Waals surface area (Å²) in [5.74, 6) is -2.44. The van der Waals surface area contributed by atoms with Crippen LogP contribution in [0, 0.1) is 5.92 Å². The number of hydrogen-bond donors (Lipinski definition) is 2. The van der Waals surface area contributed by atoms with Gasteiger partial charge in [0.15, 0.2) is 0 Å². The highest BCUT2D eigenvalue weighted by Gasteiger charge is 2.45. The van der Waals surface area contributed by atoms with E-state index >= 15 is 0 Å². The molecule has 4 atom stereocenters. The van der Waals surface area contributed by atoms with Crippen molar-refractivity contribution in [2.75, 3.05) is 13.2 Å². The molecule has 0 bridgehead atoms. The Morgan fingerprint density at radius 1 is 1.30 bits per heavy atom. The molecule has 2 aliphatic rings. The van der Waals surface area contributed by atoms with Gasteiger partial charge in [-0.3, -0.25) is 4.79 Å². The Morgan fingerprint density at radius 2 is 2.00 bits per heavy atom. The summed E-state index contributed by atoms with van der Waals surface area (Å²) in [4.78, 5) is 36.2. The first-order valence-electron chi connectivity index (χ1n) is 9.70. The van der Waals surface area contributed by atoms with Gasteiger partial charge in [-0.05, 0) is 31.6 Å². The number of aliphatic hydroxyl groups is 2. The summed E-state index contributed by atoms with van der Waals surface area (Å²) in [6, 6.07) is 0. The second-order valence-corrected chi connectivity index (χ2v) is 7.43. The molecule has 164 valence electrons. The van der Waals surface area contributed by atoms with Gasteiger partial charge < -0.3 is 24.4 Å². The smallest absolute Gasteiger partial charge is 0.336 e. The molecule has 0 aromatic carbocycles. The molecule has 0 spiro atoms. The van der Waals surface area contributed by atoms with Crippen molar-refractivity contribution >= 4 is 17.9 Å². The fraction of sp³-hybridized carbons (Fsp3) is 0.500. The van der Waals surface area contributed by atoms with Gasteiger partial charge in [0.1, 0.15) is 18.3 Å². The van der Waals surface area contributed by atoms with Crippen molar-refractivity contribution in [1.29, 1.82) is 0 Å². The van der Waals surface area contributed by atoms with Gasteiger partial charge >= 0.3 is 17.9 Å². The minimum Gasteiger partial charge on any atom is -0.458 e. The maximum Gasteiger partial charge on any atom is 0.336 e. The Bertz CT molecular complexity index is 804. The van der Waals surface area contributed by atoms with Crippen LogP contribution >= 0.6 is 0 Å². The van der Waals surface area contributed by atoms with Crippen molar-refractivity contribution in [3.63, 3.8) is 0 Å². The molecule has 1 heterocycles. The molecule has 0 saturated carbocycles. The van der Waals surface area contributed by atoms with Crippen LogP contribution in [0.2, 0.25) is 0 Å². The van der Waals surface area contributed by atoms with Crippen molar-refractivity contribution in [3.05, 3.63) is 47.1 Å². The summed E-state index contributed by atoms with van der Waals surface area (Å²) in [6.07, 6.45) is 3.45. The monoisotopic (exact) mass is 420 g/mol. The fourth-order valence-corrected chi connectivity index (χ4v) is 3.56. The molecule has 0 unspecified atom stereocenters. The molecule has 1 aliphatic carbocycles. The van der Waals surface area contributed by atoms with E-state index < -0.39 is 55.4 Å². The van der Waals surface area contributed by atoms with Crippen LogP contribution in [0.5, 0.6) is 0 Å². The highest BCUT2D eigenvalue weighted by atomic mass is 16.6. The molecule has 2 N–H and O–H groups in total. The molecule has 1 saturated heterocycles. The predicted octanol–water partition coefficient (Wildman–Crippen LogP) is 1.53. The van der Waals surface area contributed by atoms with Gasteiger partial charge in [-0.25, -0.2) is 9.59 Å². The zero-order valence-corrected chi connectivity index (χ0v) is 17.4. The Labute approximate surface area is 175 Å². The maximum atomic E-state index is 12.5. The molecular formula is C22H28O8. The Balaban J connectivity index is 2.42. The average molecular weight is 420 g/mol. The highest BCUT2D eigenvalue weighted by molar-refractivity contribution is 5.92. The normalized spacial score (nSPS) is 30.9. The molecule has 1 aliphatic heterocycles. The lowest BCUT2D eigenvalue weighted by Crippen LogP contribution is -2.34. The maximum absolute atomic E-state index is 12.5. The molecule has 1 fully saturated rings. The van der Waals surface area contributed by atoms with E-state index in [1.165, 1.54) is 13.0 Å². The minimum absolute atomic E-state index is 0.0784. The summed E-state index contributed by atoms with van der Waals surface area (Å²) in [6.45, 7) is 7.76. The van der Waals surface area contributed by atoms with Crippen LogP contribution in [0.25, 0.3) is 0 Å². The molecular weight excluding hydrogens is 392 g/mol. The first kappa shape index (κ1) is 23.6. The minimum atomic E-state index is -0.786. The third kappa shape index (κ3) is 5.67. The Kier molecular flexibility index (Phi) is 8.14. The number of hydrogen-bond acceptors (Lipinski definition) is 8. The largest absolute Gasteiger partial charge is 0.458 e. The molecule has 2 rings (SSSR count). The van der Waals surface area contributed by atoms with Crippen LogP contribution in [-0.2, 0) is 28.6 Å². The second-order valence-electron chi connectivity index (χ2n) is 7.43. The van der Waals surface area contributed by atoms with Crippen LogP contribution < -0.4 is 0 Å². The Morgan fingerprint density at radius 3 is 2.60 bits per heavy atom. The van der Waals surface area contributed by atoms with E-state index in [9.17, 15) is 19.5 Å². The van der Waals surface area contributed by atoms with Gasteiger partial charge in [-0.15, -0.1) is 0 Å². The summed E-state index contributed by atoms with van der Waals surface area (Å²) >= 11 is 0. The summed E-state index contributed by atoms with van der Waals surface area (Å²) in [5.41, 5.74) is 1.67. The molecule has 0 aromatic heterocycles. The summed E-state index contributed by atoms with van der Waals surface area (Å²) in [7, 11) is 0. The predicted molar refractivity (Wildman–Crippen MR) is 107 cm³/mol. The molecule has 8 heteroatoms. The standard InChI is InChI=1S/C22H28O8/c1-12-5-6-17(28-15(4)25)13(2)10-19-20(14(3)21(26)29-19)18(9-12)30-22(27)16(11-24)7-8-23/h5,7,10,17-20,23-24H,3,6,8-9,11H2,1-2,4H3/b12-5+,13-10-,16-7-/t17-,18+,19-,20+/m0/s1. The zero-order valence-electron chi connectivity index (χ0n) is 17.4. The fourth-order valence-electron chi connectivity index (χ4n) is 3.56. The summed E-state index contributed by atoms with van der Waals surface area (Å²) < 4.78 is 16.5. The number of fused-ring (bicyclic) bond motifs is 1. The van der Waals surface area contributed by atoms with Gasteiger partial charge in [0.25, 0.3) is 0 Å². The molecule has 0 aromatic rings. The van der Waals surface area contributed by atoms with Crippen LogP contribution in [0.4, 0.5) is 0 Å². The Hall–Kier alpha value is -2.71. The van der Waals surface area contributed by atoms with Crippen molar-refractivity contribution in [2.24, 2.45) is 5.92 Å². The number of ether oxygens (including phenoxy) is 3. The van der Waals surface area contributed by atoms with E-state index in [1.54, 1.807) is 13.0 Å². The number of carbonyl (C=O) groups is 3. The van der Waals surface area contributed by atoms with Crippen LogP contribution in [0.15, 0.2) is 47.1 Å². The average Bonchev–Trinajstić information content (AvgIpc) is 2.94. The topological polar surface area (TPSA) is 119 Å². The van der Waals surface area contributed by atoms with E-state index in [4.69, 9.17) is 19.3 Å². The number of rotatable bonds is 5. The van der Waals surface area contributed by atoms with Crippen molar-refractivity contribution in [2.45, 2.75) is 51.9 Å². The molecule has 30 heavy (non-hydrogen) atoms. The number of carbonyl (C=O) groups excluding carboxylic acids is 3. The van der Waals surface area contributed by atoms with Crippen molar-refractivity contribution < 1.29 is 38.8 Å². The molecule has 8 nitrogen and oxygen atoms in total. The summed E-state index contributed by atoms with van der Waals surface area (Å²) in [5, 5.41) is 18.4. The van der Waals surface area contributed by atoms with Crippen LogP contribution in [-0.4, -0.2) is 59.6 Å². The van der Waals surface area contributed by atoms with Gasteiger partial charge in [0.2, 0.25) is 0 Å². The van der Waals surface area contributed by atoms with E-state index in [0.717, 1.165) is 5.57 Å². The lowest BCUT2D eigenvalue weighted by Gasteiger charge is -2.28. The first-order valence-corrected chi connectivity index (χ1v) is 9.70. The van der Waals surface area contributed by atoms with E-state index in [2.05, 4.69) is 6.58 Å². The molecule has 0 radical (unpaired) electrons. The molecule has 0 amide bonds. The van der Waals surface area contributed by atoms with Crippen molar-refractivity contribution in [1.82, 2.24) is 0 Å². The van der Waals surface area contributed by atoms with E-state index in [-0.39, 0.29) is 11.1 Å². The third-order valence-electron chi connectivity index (χ3n) is 5.14. The van der Waals surface area contributed by atoms with Crippen molar-refractivity contribution in [3.8, 4) is 0 Å². The number of aliphatic hydroxyl groups excluding tert-OH is 2. The zero-order chi connectivity index (χ0) is 22.4. The third-order valence-corrected chi connectivity index (χ3v) is 5.14. The van der Waals surface area contributed by atoms with Gasteiger partial charge in [-0.1, -0.05) is 18.2 Å². The van der Waals surface area contributed by atoms with Gasteiger partial charge in [0, 0.05) is 25.3 Å². The lowest BCUT2D eigenvalue weighted by molar-refractivity contribution is -0.148. The highest BCUT2D eigenvalue weighted by Crippen LogP contribution is 2.36.